The van der Waals surface area contributed by atoms with Crippen LogP contribution in [0.1, 0.15) is 71.8 Å². The summed E-state index contributed by atoms with van der Waals surface area (Å²) in [5.41, 5.74) is 9.89. The SMILES string of the molecule is CC1=C(c2ccc(I)s2)C(/C=C/c2ccncc2)=[N+]2C1=C(c1ccc(C(C)(C)C)cc1)c1c(C)c(-c3ccc(I)s3)c(/C=C/c3ccncc3)n1[B-]2(F)F. The highest BCUT2D eigenvalue weighted by Gasteiger charge is 2.58. The van der Waals surface area contributed by atoms with Crippen molar-refractivity contribution in [3.05, 3.63) is 165 Å². The van der Waals surface area contributed by atoms with E-state index in [0.717, 1.165) is 60.1 Å². The maximum Gasteiger partial charge on any atom is 0.737 e. The predicted molar refractivity (Wildman–Crippen MR) is 241 cm³/mol. The van der Waals surface area contributed by atoms with Gasteiger partial charge in [0, 0.05) is 63.1 Å². The van der Waals surface area contributed by atoms with Gasteiger partial charge in [-0.2, -0.15) is 0 Å². The largest absolute Gasteiger partial charge is 0.737 e. The molecule has 8 rings (SSSR count). The third-order valence-electron chi connectivity index (χ3n) is 10.0. The van der Waals surface area contributed by atoms with Crippen molar-refractivity contribution in [1.29, 1.82) is 0 Å². The maximum absolute atomic E-state index is 18.4. The van der Waals surface area contributed by atoms with Gasteiger partial charge in [0.1, 0.15) is 0 Å². The first-order chi connectivity index (χ1) is 25.8. The van der Waals surface area contributed by atoms with Crippen LogP contribution in [0, 0.1) is 12.7 Å². The number of hydrogen-bond acceptors (Lipinski definition) is 4. The second-order valence-corrected chi connectivity index (χ2v) is 20.4. The van der Waals surface area contributed by atoms with Gasteiger partial charge in [0.05, 0.1) is 16.9 Å². The molecule has 0 amide bonds. The topological polar surface area (TPSA) is 33.7 Å². The summed E-state index contributed by atoms with van der Waals surface area (Å²) in [6.07, 6.45) is 14.4. The van der Waals surface area contributed by atoms with Crippen molar-refractivity contribution in [2.75, 3.05) is 0 Å². The molecule has 0 saturated heterocycles. The van der Waals surface area contributed by atoms with Crippen molar-refractivity contribution in [3.8, 4) is 10.4 Å². The molecule has 0 aliphatic carbocycles. The van der Waals surface area contributed by atoms with E-state index in [1.807, 2.05) is 62.4 Å². The molecule has 2 aliphatic heterocycles. The van der Waals surface area contributed by atoms with Crippen molar-refractivity contribution < 1.29 is 13.1 Å². The summed E-state index contributed by atoms with van der Waals surface area (Å²) in [5.74, 6) is 0. The first-order valence-corrected chi connectivity index (χ1v) is 21.3. The van der Waals surface area contributed by atoms with E-state index in [4.69, 9.17) is 0 Å². The maximum atomic E-state index is 18.4. The third kappa shape index (κ3) is 6.54. The molecule has 11 heteroatoms. The molecular weight excluding hydrogens is 939 g/mol. The van der Waals surface area contributed by atoms with E-state index >= 15 is 8.63 Å². The highest BCUT2D eigenvalue weighted by molar-refractivity contribution is 14.1. The molecule has 54 heavy (non-hydrogen) atoms. The van der Waals surface area contributed by atoms with Crippen molar-refractivity contribution in [1.82, 2.24) is 14.4 Å². The Labute approximate surface area is 349 Å². The van der Waals surface area contributed by atoms with Gasteiger partial charge < -0.3 is 17.6 Å². The molecule has 0 bridgehead atoms. The number of aromatic nitrogens is 3. The molecule has 1 aromatic carbocycles. The summed E-state index contributed by atoms with van der Waals surface area (Å²) in [5, 5.41) is 0. The minimum atomic E-state index is -4.44. The number of allylic oxidation sites excluding steroid dienone is 3. The molecule has 4 nitrogen and oxygen atoms in total. The Kier molecular flexibility index (Phi) is 9.89. The highest BCUT2D eigenvalue weighted by Crippen LogP contribution is 2.51. The Hall–Kier alpha value is -3.79. The number of pyridine rings is 2. The van der Waals surface area contributed by atoms with Crippen LogP contribution in [0.4, 0.5) is 8.63 Å². The molecule has 2 aliphatic rings. The molecule has 0 atom stereocenters. The number of halogens is 4. The van der Waals surface area contributed by atoms with Crippen LogP contribution >= 0.6 is 67.9 Å². The van der Waals surface area contributed by atoms with E-state index in [-0.39, 0.29) is 5.41 Å². The fourth-order valence-electron chi connectivity index (χ4n) is 7.51. The van der Waals surface area contributed by atoms with Crippen molar-refractivity contribution in [2.24, 2.45) is 0 Å². The predicted octanol–water partition coefficient (Wildman–Crippen LogP) is 12.7. The van der Waals surface area contributed by atoms with Crippen LogP contribution in [0.25, 0.3) is 39.8 Å². The summed E-state index contributed by atoms with van der Waals surface area (Å²) in [6, 6.07) is 24.3. The average molecular weight is 975 g/mol. The molecule has 270 valence electrons. The van der Waals surface area contributed by atoms with Crippen LogP contribution in [-0.2, 0) is 5.41 Å². The van der Waals surface area contributed by atoms with Gasteiger partial charge in [-0.1, -0.05) is 51.1 Å². The summed E-state index contributed by atoms with van der Waals surface area (Å²) < 4.78 is 41.7. The zero-order valence-corrected chi connectivity index (χ0v) is 36.2. The molecular formula is C43H35BF2I2N4S2. The monoisotopic (exact) mass is 974 g/mol. The lowest BCUT2D eigenvalue weighted by molar-refractivity contribution is -0.361. The lowest BCUT2D eigenvalue weighted by atomic mass is 9.82. The molecule has 5 aromatic heterocycles. The van der Waals surface area contributed by atoms with Gasteiger partial charge >= 0.3 is 6.97 Å². The minimum Gasteiger partial charge on any atom is -0.389 e. The number of benzene rings is 1. The van der Waals surface area contributed by atoms with E-state index in [2.05, 4.69) is 124 Å². The van der Waals surface area contributed by atoms with Crippen LogP contribution in [0.15, 0.2) is 115 Å². The zero-order chi connectivity index (χ0) is 37.9. The smallest absolute Gasteiger partial charge is 0.389 e. The molecule has 0 unspecified atom stereocenters. The van der Waals surface area contributed by atoms with Gasteiger partial charge in [-0.3, -0.25) is 9.97 Å². The second-order valence-electron chi connectivity index (χ2n) is 14.4. The van der Waals surface area contributed by atoms with Gasteiger partial charge in [-0.15, -0.1) is 22.7 Å². The van der Waals surface area contributed by atoms with E-state index in [1.54, 1.807) is 47.5 Å². The molecule has 0 radical (unpaired) electrons. The molecule has 0 fully saturated rings. The average Bonchev–Trinajstić information content (AvgIpc) is 3.91. The van der Waals surface area contributed by atoms with Crippen LogP contribution in [0.3, 0.4) is 0 Å². The number of hydrogen-bond donors (Lipinski definition) is 0. The normalized spacial score (nSPS) is 15.6. The number of rotatable bonds is 7. The van der Waals surface area contributed by atoms with Gasteiger partial charge in [0.25, 0.3) is 0 Å². The first kappa shape index (κ1) is 37.2. The Bertz CT molecular complexity index is 2590. The van der Waals surface area contributed by atoms with Crippen molar-refractivity contribution in [2.45, 2.75) is 40.0 Å². The Morgan fingerprint density at radius 1 is 0.704 bits per heavy atom. The fraction of sp³-hybridized carbons (Fsp3) is 0.140. The van der Waals surface area contributed by atoms with Gasteiger partial charge in [0.2, 0.25) is 0 Å². The van der Waals surface area contributed by atoms with Gasteiger partial charge in [-0.25, -0.2) is 0 Å². The van der Waals surface area contributed by atoms with E-state index in [9.17, 15) is 0 Å². The molecule has 7 heterocycles. The first-order valence-electron chi connectivity index (χ1n) is 17.5. The Morgan fingerprint density at radius 2 is 1.26 bits per heavy atom. The highest BCUT2D eigenvalue weighted by atomic mass is 127. The van der Waals surface area contributed by atoms with Crippen molar-refractivity contribution in [3.63, 3.8) is 0 Å². The van der Waals surface area contributed by atoms with Crippen LogP contribution in [0.5, 0.6) is 0 Å². The molecule has 6 aromatic rings. The second kappa shape index (κ2) is 14.4. The van der Waals surface area contributed by atoms with Crippen LogP contribution in [-0.4, -0.2) is 31.6 Å². The van der Waals surface area contributed by atoms with Crippen molar-refractivity contribution >= 4 is 110 Å². The zero-order valence-electron chi connectivity index (χ0n) is 30.2. The third-order valence-corrected chi connectivity index (χ3v) is 13.8. The van der Waals surface area contributed by atoms with Gasteiger partial charge in [-0.05, 0) is 153 Å². The van der Waals surface area contributed by atoms with Crippen LogP contribution < -0.4 is 0 Å². The number of nitrogens with zero attached hydrogens (tertiary/aromatic N) is 4. The van der Waals surface area contributed by atoms with Gasteiger partial charge in [0.15, 0.2) is 11.4 Å². The van der Waals surface area contributed by atoms with E-state index in [0.29, 0.717) is 22.8 Å². The van der Waals surface area contributed by atoms with E-state index < -0.39 is 6.97 Å². The summed E-state index contributed by atoms with van der Waals surface area (Å²) >= 11 is 7.86. The Morgan fingerprint density at radius 3 is 1.80 bits per heavy atom. The number of fused-ring (bicyclic) bond motifs is 2. The molecule has 0 N–H and O–H groups in total. The number of thiophene rings is 2. The summed E-state index contributed by atoms with van der Waals surface area (Å²) in [4.78, 5) is 10.2. The molecule has 0 saturated carbocycles. The fourth-order valence-corrected chi connectivity index (χ4v) is 11.0. The lowest BCUT2D eigenvalue weighted by Crippen LogP contribution is -2.51. The lowest BCUT2D eigenvalue weighted by Gasteiger charge is -2.34. The quantitative estimate of drug-likeness (QED) is 0.118. The Balaban J connectivity index is 1.51. The minimum absolute atomic E-state index is 0.0685. The van der Waals surface area contributed by atoms with Crippen LogP contribution in [0.2, 0.25) is 0 Å². The summed E-state index contributed by atoms with van der Waals surface area (Å²) in [6.45, 7) is 6.14. The summed E-state index contributed by atoms with van der Waals surface area (Å²) in [7, 11) is 0. The van der Waals surface area contributed by atoms with E-state index in [1.165, 1.54) is 14.5 Å². The molecule has 0 spiro atoms. The standard InChI is InChI=1S/C43H35BF2I2N4S2/c1-26-38(34-14-16-36(47)53-34)32(12-6-28-18-22-49-23-19-28)51-41(26)40(30-8-10-31(11-9-30)43(3,4)5)42-27(2)39(35-15-17-37(48)54-35)33(52(42)44(51,45)46)13-7-29-20-24-50-25-21-29/h6-25H,1-5H3/b12-6+,13-7+.